The quantitative estimate of drug-likeness (QED) is 0.0174. The predicted molar refractivity (Wildman–Crippen MR) is 278 cm³/mol. The van der Waals surface area contributed by atoms with E-state index in [0.29, 0.717) is 23.1 Å². The molecule has 3 aromatic rings. The predicted octanol–water partition coefficient (Wildman–Crippen LogP) is -3.69. The van der Waals surface area contributed by atoms with Gasteiger partial charge in [-0.15, -0.1) is 0 Å². The number of carbonyl (C=O) groups is 10. The van der Waals surface area contributed by atoms with E-state index in [1.165, 1.54) is 19.1 Å². The van der Waals surface area contributed by atoms with Gasteiger partial charge < -0.3 is 80.8 Å². The number of likely N-dealkylation sites (tertiary alicyclic amines) is 1. The van der Waals surface area contributed by atoms with Crippen LogP contribution in [-0.4, -0.2) is 153 Å². The molecule has 9 unspecified atom stereocenters. The molecule has 1 aliphatic rings. The summed E-state index contributed by atoms with van der Waals surface area (Å²) in [6, 6.07) is 10.7. The van der Waals surface area contributed by atoms with E-state index in [-0.39, 0.29) is 76.2 Å². The molecule has 1 fully saturated rings. The molecule has 0 bridgehead atoms. The van der Waals surface area contributed by atoms with Gasteiger partial charge in [-0.3, -0.25) is 48.1 Å². The lowest BCUT2D eigenvalue weighted by atomic mass is 10.0. The molecular weight excluding hydrogens is 1000 g/mol. The average molecular weight is 1070 g/mol. The summed E-state index contributed by atoms with van der Waals surface area (Å²) in [5, 5.41) is 45.3. The van der Waals surface area contributed by atoms with E-state index >= 15 is 0 Å². The van der Waals surface area contributed by atoms with Crippen LogP contribution in [0.4, 0.5) is 0 Å². The van der Waals surface area contributed by atoms with E-state index < -0.39 is 120 Å². The first-order valence-corrected chi connectivity index (χ1v) is 24.8. The highest BCUT2D eigenvalue weighted by Crippen LogP contribution is 2.21. The number of carboxylic acids is 1. The van der Waals surface area contributed by atoms with E-state index in [0.717, 1.165) is 4.90 Å². The molecule has 1 heterocycles. The summed E-state index contributed by atoms with van der Waals surface area (Å²) in [7, 11) is 0. The smallest absolute Gasteiger partial charge is 0.326 e. The third kappa shape index (κ3) is 20.2. The van der Waals surface area contributed by atoms with Crippen LogP contribution in [0.3, 0.4) is 0 Å². The van der Waals surface area contributed by atoms with Gasteiger partial charge in [0.05, 0.1) is 18.6 Å². The van der Waals surface area contributed by atoms with Crippen LogP contribution in [0.2, 0.25) is 0 Å². The summed E-state index contributed by atoms with van der Waals surface area (Å²) >= 11 is 0. The Morgan fingerprint density at radius 3 is 1.66 bits per heavy atom. The minimum atomic E-state index is -1.79. The fourth-order valence-corrected chi connectivity index (χ4v) is 8.33. The molecule has 19 N–H and O–H groups in total. The molecule has 1 saturated heterocycles. The molecule has 0 saturated carbocycles. The van der Waals surface area contributed by atoms with Crippen molar-refractivity contribution >= 4 is 65.1 Å². The van der Waals surface area contributed by atoms with Gasteiger partial charge in [0.2, 0.25) is 53.2 Å². The van der Waals surface area contributed by atoms with E-state index in [4.69, 9.17) is 28.7 Å². The highest BCUT2D eigenvalue weighted by Gasteiger charge is 2.41. The number of phenols is 1. The number of carbonyl (C=O) groups excluding carboxylic acids is 9. The third-order valence-electron chi connectivity index (χ3n) is 12.4. The van der Waals surface area contributed by atoms with Crippen molar-refractivity contribution in [2.24, 2.45) is 33.7 Å². The monoisotopic (exact) mass is 1070 g/mol. The number of nitrogens with two attached hydrogens (primary N) is 5. The number of nitrogens with one attached hydrogen (secondary N) is 6. The van der Waals surface area contributed by atoms with Crippen LogP contribution in [0.5, 0.6) is 5.75 Å². The van der Waals surface area contributed by atoms with Crippen LogP contribution in [0.15, 0.2) is 89.9 Å². The van der Waals surface area contributed by atoms with Gasteiger partial charge in [-0.2, -0.15) is 0 Å². The van der Waals surface area contributed by atoms with Gasteiger partial charge in [0.15, 0.2) is 5.96 Å². The van der Waals surface area contributed by atoms with Gasteiger partial charge in [-0.05, 0) is 74.3 Å². The van der Waals surface area contributed by atoms with Crippen LogP contribution in [-0.2, 0) is 67.2 Å². The number of aliphatic imine (C=N–C) groups is 1. The number of phenolic OH excluding ortho intramolecular Hbond substituents is 1. The number of guanidine groups is 1. The number of nitrogens with zero attached hydrogens (tertiary/aromatic N) is 2. The standard InChI is InChI=1S/C51H69N13O13/c1-28(65)42(63-44(70)34(20-21-40(53)67)58-43(69)33(52)24-31-16-18-32(66)19-17-31)48(74)61-37(26-30-12-6-3-7-13-30)45(71)60-36(25-29-10-4-2-5-11-29)46(72)62-38(27-41(54)68)49(75)64-23-9-15-39(64)47(73)59-35(50(76)77)14-8-22-57-51(55)56/h2-7,10-13,16-19,28,33-39,42,65-66H,8-9,14-15,20-27,52H2,1H3,(H2,53,67)(H2,54,68)(H,58,69)(H,59,73)(H,60,71)(H,61,74)(H,62,72)(H,63,70)(H,76,77)(H4,55,56,57). The van der Waals surface area contributed by atoms with Crippen molar-refractivity contribution in [3.05, 3.63) is 102 Å². The van der Waals surface area contributed by atoms with E-state index in [9.17, 15) is 63.3 Å². The molecule has 0 aliphatic carbocycles. The van der Waals surface area contributed by atoms with Crippen molar-refractivity contribution in [3.63, 3.8) is 0 Å². The number of benzene rings is 3. The molecule has 3 aromatic carbocycles. The zero-order valence-electron chi connectivity index (χ0n) is 42.5. The van der Waals surface area contributed by atoms with Crippen molar-refractivity contribution in [1.29, 1.82) is 0 Å². The van der Waals surface area contributed by atoms with Gasteiger partial charge in [-0.1, -0.05) is 72.8 Å². The summed E-state index contributed by atoms with van der Waals surface area (Å²) in [5.74, 6) is -9.96. The number of hydrogen-bond donors (Lipinski definition) is 14. The Kier molecular flexibility index (Phi) is 23.8. The number of aliphatic carboxylic acids is 1. The van der Waals surface area contributed by atoms with Crippen molar-refractivity contribution in [1.82, 2.24) is 36.8 Å². The van der Waals surface area contributed by atoms with Crippen LogP contribution >= 0.6 is 0 Å². The van der Waals surface area contributed by atoms with Crippen molar-refractivity contribution < 1.29 is 63.3 Å². The summed E-state index contributed by atoms with van der Waals surface area (Å²) in [6.07, 6.45) is -2.99. The van der Waals surface area contributed by atoms with E-state index in [1.54, 1.807) is 72.8 Å². The zero-order chi connectivity index (χ0) is 56.8. The van der Waals surface area contributed by atoms with Crippen LogP contribution in [0.1, 0.15) is 68.6 Å². The minimum Gasteiger partial charge on any atom is -0.508 e. The number of amides is 9. The topological polar surface area (TPSA) is 449 Å². The van der Waals surface area contributed by atoms with Crippen molar-refractivity contribution in [3.8, 4) is 5.75 Å². The van der Waals surface area contributed by atoms with E-state index in [1.807, 2.05) is 0 Å². The summed E-state index contributed by atoms with van der Waals surface area (Å²) in [6.45, 7) is 1.26. The fraction of sp³-hybridized carbons (Fsp3) is 0.431. The molecule has 9 atom stereocenters. The normalized spacial score (nSPS) is 16.0. The lowest BCUT2D eigenvalue weighted by Gasteiger charge is -2.30. The number of carboxylic acid groups (broad SMARTS) is 1. The number of primary amides is 2. The molecule has 0 spiro atoms. The number of aliphatic hydroxyl groups excluding tert-OH is 1. The lowest BCUT2D eigenvalue weighted by molar-refractivity contribution is -0.145. The Morgan fingerprint density at radius 2 is 1.14 bits per heavy atom. The van der Waals surface area contributed by atoms with Crippen LogP contribution in [0, 0.1) is 0 Å². The maximum atomic E-state index is 14.5. The van der Waals surface area contributed by atoms with Gasteiger partial charge >= 0.3 is 5.97 Å². The number of aromatic hydroxyl groups is 1. The Hall–Kier alpha value is -8.65. The maximum Gasteiger partial charge on any atom is 0.326 e. The SMILES string of the molecule is CC(O)C(NC(=O)C(CCC(N)=O)NC(=O)C(N)Cc1ccc(O)cc1)C(=O)NC(Cc1ccccc1)C(=O)NC(Cc1ccccc1)C(=O)NC(CC(N)=O)C(=O)N1CCCC1C(=O)NC(CCCN=C(N)N)C(=O)O. The highest BCUT2D eigenvalue weighted by atomic mass is 16.4. The number of aliphatic hydroxyl groups is 1. The number of hydrogen-bond acceptors (Lipinski definition) is 14. The number of rotatable bonds is 30. The van der Waals surface area contributed by atoms with Gasteiger partial charge in [0, 0.05) is 32.4 Å². The second kappa shape index (κ2) is 30.0. The highest BCUT2D eigenvalue weighted by molar-refractivity contribution is 5.99. The Bertz CT molecular complexity index is 2570. The minimum absolute atomic E-state index is 0.0114. The lowest BCUT2D eigenvalue weighted by Crippen LogP contribution is -2.62. The largest absolute Gasteiger partial charge is 0.508 e. The Labute approximate surface area is 443 Å². The first-order valence-electron chi connectivity index (χ1n) is 24.8. The Morgan fingerprint density at radius 1 is 0.623 bits per heavy atom. The van der Waals surface area contributed by atoms with Crippen LogP contribution < -0.4 is 60.6 Å². The van der Waals surface area contributed by atoms with Crippen molar-refractivity contribution in [2.45, 2.75) is 126 Å². The molecule has 0 aromatic heterocycles. The first kappa shape index (κ1) is 60.9. The molecule has 4 rings (SSSR count). The molecule has 26 nitrogen and oxygen atoms in total. The molecular formula is C51H69N13O13. The van der Waals surface area contributed by atoms with Gasteiger partial charge in [0.1, 0.15) is 48.0 Å². The summed E-state index contributed by atoms with van der Waals surface area (Å²) in [4.78, 5) is 139. The van der Waals surface area contributed by atoms with E-state index in [2.05, 4.69) is 36.9 Å². The summed E-state index contributed by atoms with van der Waals surface area (Å²) in [5.41, 5.74) is 29.4. The first-order chi connectivity index (χ1) is 36.5. The zero-order valence-corrected chi connectivity index (χ0v) is 42.5. The van der Waals surface area contributed by atoms with Gasteiger partial charge in [-0.25, -0.2) is 4.79 Å². The molecule has 0 radical (unpaired) electrons. The average Bonchev–Trinajstić information content (AvgIpc) is 3.88. The second-order valence-corrected chi connectivity index (χ2v) is 18.5. The molecule has 416 valence electrons. The molecule has 77 heavy (non-hydrogen) atoms. The molecule has 1 aliphatic heterocycles. The second-order valence-electron chi connectivity index (χ2n) is 18.5. The fourth-order valence-electron chi connectivity index (χ4n) is 8.33. The maximum absolute atomic E-state index is 14.5. The van der Waals surface area contributed by atoms with Gasteiger partial charge in [0.25, 0.3) is 0 Å². The Balaban J connectivity index is 1.58. The van der Waals surface area contributed by atoms with Crippen LogP contribution in [0.25, 0.3) is 0 Å². The van der Waals surface area contributed by atoms with Crippen molar-refractivity contribution in [2.75, 3.05) is 13.1 Å². The summed E-state index contributed by atoms with van der Waals surface area (Å²) < 4.78 is 0. The molecule has 9 amide bonds. The third-order valence-corrected chi connectivity index (χ3v) is 12.4. The molecule has 26 heteroatoms.